The molecule has 2 rings (SSSR count). The van der Waals surface area contributed by atoms with Gasteiger partial charge in [-0.15, -0.1) is 0 Å². The number of para-hydroxylation sites is 1. The highest BCUT2D eigenvalue weighted by Crippen LogP contribution is 2.23. The van der Waals surface area contributed by atoms with E-state index in [4.69, 9.17) is 4.74 Å². The number of rotatable bonds is 5. The zero-order valence-corrected chi connectivity index (χ0v) is 13.3. The molecule has 2 aromatic carbocycles. The molecule has 0 bridgehead atoms. The van der Waals surface area contributed by atoms with E-state index in [9.17, 15) is 0 Å². The predicted octanol–water partition coefficient (Wildman–Crippen LogP) is 4.61. The van der Waals surface area contributed by atoms with Crippen LogP contribution < -0.4 is 5.32 Å². The van der Waals surface area contributed by atoms with Crippen LogP contribution >= 0.6 is 22.6 Å². The van der Waals surface area contributed by atoms with Crippen molar-refractivity contribution in [1.29, 1.82) is 0 Å². The lowest BCUT2D eigenvalue weighted by Gasteiger charge is -2.18. The first-order valence-corrected chi connectivity index (χ1v) is 7.37. The summed E-state index contributed by atoms with van der Waals surface area (Å²) in [4.78, 5) is 0. The molecule has 100 valence electrons. The molecule has 0 saturated heterocycles. The molecule has 1 unspecified atom stereocenters. The molecule has 1 atom stereocenters. The first kappa shape index (κ1) is 14.3. The second-order valence-electron chi connectivity index (χ2n) is 4.51. The highest BCUT2D eigenvalue weighted by atomic mass is 127. The fourth-order valence-electron chi connectivity index (χ4n) is 2.01. The summed E-state index contributed by atoms with van der Waals surface area (Å²) in [5, 5.41) is 3.55. The number of ether oxygens (including phenoxy) is 1. The Labute approximate surface area is 128 Å². The Kier molecular flexibility index (Phi) is 5.22. The second kappa shape index (κ2) is 6.91. The third-order valence-electron chi connectivity index (χ3n) is 3.06. The van der Waals surface area contributed by atoms with E-state index in [2.05, 4.69) is 71.2 Å². The molecule has 0 amide bonds. The predicted molar refractivity (Wildman–Crippen MR) is 88.4 cm³/mol. The molecule has 2 nitrogen and oxygen atoms in total. The summed E-state index contributed by atoms with van der Waals surface area (Å²) in [5.41, 5.74) is 3.60. The van der Waals surface area contributed by atoms with Crippen molar-refractivity contribution >= 4 is 28.3 Å². The maximum absolute atomic E-state index is 5.23. The van der Waals surface area contributed by atoms with E-state index >= 15 is 0 Å². The van der Waals surface area contributed by atoms with Crippen molar-refractivity contribution in [1.82, 2.24) is 0 Å². The van der Waals surface area contributed by atoms with Gasteiger partial charge in [-0.05, 0) is 53.3 Å². The second-order valence-corrected chi connectivity index (χ2v) is 5.75. The fourth-order valence-corrected chi connectivity index (χ4v) is 2.37. The van der Waals surface area contributed by atoms with Gasteiger partial charge in [0.2, 0.25) is 0 Å². The molecule has 19 heavy (non-hydrogen) atoms. The smallest absolute Gasteiger partial charge is 0.0733 e. The Bertz CT molecular complexity index is 525. The van der Waals surface area contributed by atoms with Gasteiger partial charge >= 0.3 is 0 Å². The molecule has 2 aromatic rings. The summed E-state index contributed by atoms with van der Waals surface area (Å²) >= 11 is 2.32. The van der Waals surface area contributed by atoms with Crippen molar-refractivity contribution in [3.8, 4) is 0 Å². The van der Waals surface area contributed by atoms with E-state index in [1.807, 2.05) is 12.1 Å². The van der Waals surface area contributed by atoms with Crippen molar-refractivity contribution < 1.29 is 4.74 Å². The van der Waals surface area contributed by atoms with Crippen molar-refractivity contribution in [2.45, 2.75) is 19.6 Å². The quantitative estimate of drug-likeness (QED) is 0.780. The van der Waals surface area contributed by atoms with Gasteiger partial charge in [-0.25, -0.2) is 0 Å². The van der Waals surface area contributed by atoms with E-state index in [1.165, 1.54) is 14.7 Å². The van der Waals surface area contributed by atoms with Crippen LogP contribution in [0, 0.1) is 3.57 Å². The van der Waals surface area contributed by atoms with Crippen LogP contribution in [-0.2, 0) is 11.3 Å². The zero-order valence-electron chi connectivity index (χ0n) is 11.2. The molecular weight excluding hydrogens is 349 g/mol. The summed E-state index contributed by atoms with van der Waals surface area (Å²) in [6.45, 7) is 2.80. The van der Waals surface area contributed by atoms with Gasteiger partial charge in [-0.3, -0.25) is 0 Å². The number of benzene rings is 2. The molecule has 3 heteroatoms. The number of anilines is 1. The fraction of sp³-hybridized carbons (Fsp3) is 0.250. The van der Waals surface area contributed by atoms with Crippen LogP contribution in [0.3, 0.4) is 0 Å². The van der Waals surface area contributed by atoms with Crippen molar-refractivity contribution in [2.75, 3.05) is 12.4 Å². The number of halogens is 1. The summed E-state index contributed by atoms with van der Waals surface area (Å²) in [5.74, 6) is 0. The van der Waals surface area contributed by atoms with Gasteiger partial charge in [0.05, 0.1) is 6.61 Å². The maximum atomic E-state index is 5.23. The molecule has 0 fully saturated rings. The van der Waals surface area contributed by atoms with Crippen molar-refractivity contribution in [3.63, 3.8) is 0 Å². The Morgan fingerprint density at radius 3 is 2.47 bits per heavy atom. The minimum absolute atomic E-state index is 0.273. The number of hydrogen-bond donors (Lipinski definition) is 1. The standard InChI is InChI=1S/C16H18INO/c1-12(13-7-9-15(17)10-8-13)18-16-6-4-3-5-14(16)11-19-2/h3-10,12,18H,11H2,1-2H3. The van der Waals surface area contributed by atoms with Crippen LogP contribution in [0.1, 0.15) is 24.1 Å². The van der Waals surface area contributed by atoms with Gasteiger partial charge < -0.3 is 10.1 Å². The van der Waals surface area contributed by atoms with Crippen LogP contribution in [0.15, 0.2) is 48.5 Å². The molecule has 0 spiro atoms. The Balaban J connectivity index is 2.14. The Hall–Kier alpha value is -1.07. The first-order chi connectivity index (χ1) is 9.20. The first-order valence-electron chi connectivity index (χ1n) is 6.29. The molecule has 0 heterocycles. The summed E-state index contributed by atoms with van der Waals surface area (Å²) in [6, 6.07) is 17.1. The van der Waals surface area contributed by atoms with Crippen molar-refractivity contribution in [2.24, 2.45) is 0 Å². The normalized spacial score (nSPS) is 12.2. The molecule has 0 aliphatic heterocycles. The van der Waals surface area contributed by atoms with Crippen LogP contribution in [-0.4, -0.2) is 7.11 Å². The average molecular weight is 367 g/mol. The molecule has 0 aromatic heterocycles. The van der Waals surface area contributed by atoms with Crippen LogP contribution in [0.25, 0.3) is 0 Å². The van der Waals surface area contributed by atoms with E-state index in [-0.39, 0.29) is 6.04 Å². The lowest BCUT2D eigenvalue weighted by atomic mass is 10.1. The molecule has 0 radical (unpaired) electrons. The molecule has 1 N–H and O–H groups in total. The Morgan fingerprint density at radius 1 is 1.11 bits per heavy atom. The summed E-state index contributed by atoms with van der Waals surface area (Å²) < 4.78 is 6.49. The number of methoxy groups -OCH3 is 1. The van der Waals surface area contributed by atoms with Gasteiger partial charge in [0.15, 0.2) is 0 Å². The summed E-state index contributed by atoms with van der Waals surface area (Å²) in [7, 11) is 1.72. The van der Waals surface area contributed by atoms with E-state index in [1.54, 1.807) is 7.11 Å². The SMILES string of the molecule is COCc1ccccc1NC(C)c1ccc(I)cc1. The lowest BCUT2D eigenvalue weighted by Crippen LogP contribution is -2.08. The minimum atomic E-state index is 0.273. The van der Waals surface area contributed by atoms with Gasteiger partial charge in [-0.2, -0.15) is 0 Å². The van der Waals surface area contributed by atoms with E-state index in [0.717, 1.165) is 5.69 Å². The average Bonchev–Trinajstić information content (AvgIpc) is 2.42. The molecule has 0 aliphatic rings. The number of nitrogens with one attached hydrogen (secondary N) is 1. The van der Waals surface area contributed by atoms with Crippen LogP contribution in [0.5, 0.6) is 0 Å². The van der Waals surface area contributed by atoms with E-state index in [0.29, 0.717) is 6.61 Å². The van der Waals surface area contributed by atoms with Gasteiger partial charge in [0.1, 0.15) is 0 Å². The van der Waals surface area contributed by atoms with Gasteiger partial charge in [-0.1, -0.05) is 30.3 Å². The van der Waals surface area contributed by atoms with Crippen LogP contribution in [0.2, 0.25) is 0 Å². The topological polar surface area (TPSA) is 21.3 Å². The van der Waals surface area contributed by atoms with Gasteiger partial charge in [0.25, 0.3) is 0 Å². The Morgan fingerprint density at radius 2 is 1.79 bits per heavy atom. The monoisotopic (exact) mass is 367 g/mol. The third kappa shape index (κ3) is 3.94. The molecular formula is C16H18INO. The molecule has 0 saturated carbocycles. The highest BCUT2D eigenvalue weighted by molar-refractivity contribution is 14.1. The van der Waals surface area contributed by atoms with E-state index < -0.39 is 0 Å². The zero-order chi connectivity index (χ0) is 13.7. The minimum Gasteiger partial charge on any atom is -0.380 e. The largest absolute Gasteiger partial charge is 0.380 e. The maximum Gasteiger partial charge on any atom is 0.0733 e. The van der Waals surface area contributed by atoms with Crippen molar-refractivity contribution in [3.05, 3.63) is 63.2 Å². The lowest BCUT2D eigenvalue weighted by molar-refractivity contribution is 0.185. The van der Waals surface area contributed by atoms with Gasteiger partial charge in [0, 0.05) is 28.0 Å². The molecule has 0 aliphatic carbocycles. The van der Waals surface area contributed by atoms with Crippen LogP contribution in [0.4, 0.5) is 5.69 Å². The number of hydrogen-bond acceptors (Lipinski definition) is 2. The third-order valence-corrected chi connectivity index (χ3v) is 3.78. The summed E-state index contributed by atoms with van der Waals surface area (Å²) in [6.07, 6.45) is 0. The highest BCUT2D eigenvalue weighted by Gasteiger charge is 2.07.